The first kappa shape index (κ1) is 16.9. The van der Waals surface area contributed by atoms with Crippen LogP contribution in [0.15, 0.2) is 54.6 Å². The summed E-state index contributed by atoms with van der Waals surface area (Å²) in [6.07, 6.45) is 1.32. The summed E-state index contributed by atoms with van der Waals surface area (Å²) in [5.41, 5.74) is 1.23. The van der Waals surface area contributed by atoms with Gasteiger partial charge in [0.25, 0.3) is 0 Å². The second kappa shape index (κ2) is 7.00. The van der Waals surface area contributed by atoms with E-state index in [9.17, 15) is 4.79 Å². The lowest BCUT2D eigenvalue weighted by molar-refractivity contribution is 0.0514. The van der Waals surface area contributed by atoms with E-state index in [4.69, 9.17) is 9.47 Å². The summed E-state index contributed by atoms with van der Waals surface area (Å²) in [7, 11) is 2.09. The van der Waals surface area contributed by atoms with Crippen LogP contribution in [0.1, 0.15) is 24.0 Å². The number of benzene rings is 2. The lowest BCUT2D eigenvalue weighted by Gasteiger charge is -2.32. The molecule has 1 unspecified atom stereocenters. The Bertz CT molecular complexity index is 772. The molecule has 1 N–H and O–H groups in total. The number of ether oxygens (including phenoxy) is 2. The third-order valence-electron chi connectivity index (χ3n) is 5.31. The lowest BCUT2D eigenvalue weighted by Crippen LogP contribution is -2.49. The van der Waals surface area contributed by atoms with Gasteiger partial charge in [0.05, 0.1) is 0 Å². The number of nitrogens with one attached hydrogen (secondary N) is 1. The summed E-state index contributed by atoms with van der Waals surface area (Å²) in [4.78, 5) is 15.0. The summed E-state index contributed by atoms with van der Waals surface area (Å²) in [6.45, 7) is 2.26. The molecule has 0 spiro atoms. The van der Waals surface area contributed by atoms with Crippen molar-refractivity contribution >= 4 is 6.09 Å². The highest BCUT2D eigenvalue weighted by Gasteiger charge is 2.44. The molecule has 1 atom stereocenters. The second-order valence-corrected chi connectivity index (χ2v) is 7.09. The third kappa shape index (κ3) is 3.15. The zero-order chi connectivity index (χ0) is 18.0. The van der Waals surface area contributed by atoms with Crippen molar-refractivity contribution in [3.8, 4) is 5.75 Å². The van der Waals surface area contributed by atoms with E-state index in [2.05, 4.69) is 17.3 Å². The fourth-order valence-corrected chi connectivity index (χ4v) is 3.80. The lowest BCUT2D eigenvalue weighted by atomic mass is 9.84. The van der Waals surface area contributed by atoms with Crippen LogP contribution >= 0.6 is 0 Å². The number of rotatable bonds is 3. The van der Waals surface area contributed by atoms with Crippen LogP contribution in [0, 0.1) is 0 Å². The maximum absolute atomic E-state index is 12.7. The van der Waals surface area contributed by atoms with E-state index in [1.54, 1.807) is 0 Å². The van der Waals surface area contributed by atoms with Gasteiger partial charge in [0, 0.05) is 18.7 Å². The van der Waals surface area contributed by atoms with E-state index in [-0.39, 0.29) is 12.2 Å². The maximum Gasteiger partial charge on any atom is 0.408 e. The van der Waals surface area contributed by atoms with Crippen LogP contribution in [-0.2, 0) is 10.3 Å². The molecule has 1 saturated heterocycles. The fourth-order valence-electron chi connectivity index (χ4n) is 3.80. The number of hydrogen-bond donors (Lipinski definition) is 1. The van der Waals surface area contributed by atoms with E-state index in [0.29, 0.717) is 6.61 Å². The average molecular weight is 352 g/mol. The van der Waals surface area contributed by atoms with E-state index in [0.717, 1.165) is 42.8 Å². The van der Waals surface area contributed by atoms with Gasteiger partial charge in [-0.2, -0.15) is 0 Å². The Balaban J connectivity index is 1.58. The summed E-state index contributed by atoms with van der Waals surface area (Å²) in [5.74, 6) is 0.802. The molecule has 0 saturated carbocycles. The van der Waals surface area contributed by atoms with Crippen molar-refractivity contribution in [1.82, 2.24) is 10.2 Å². The molecule has 2 aromatic carbocycles. The summed E-state index contributed by atoms with van der Waals surface area (Å²) < 4.78 is 11.6. The first-order chi connectivity index (χ1) is 12.7. The highest BCUT2D eigenvalue weighted by molar-refractivity contribution is 5.71. The molecule has 0 aliphatic carbocycles. The Morgan fingerprint density at radius 2 is 1.81 bits per heavy atom. The number of fused-ring (bicyclic) bond motifs is 1. The van der Waals surface area contributed by atoms with Gasteiger partial charge in [0.2, 0.25) is 0 Å². The topological polar surface area (TPSA) is 50.8 Å². The van der Waals surface area contributed by atoms with Crippen LogP contribution in [0.5, 0.6) is 5.75 Å². The van der Waals surface area contributed by atoms with E-state index in [1.165, 1.54) is 0 Å². The van der Waals surface area contributed by atoms with Gasteiger partial charge in [-0.25, -0.2) is 4.79 Å². The van der Waals surface area contributed by atoms with Gasteiger partial charge >= 0.3 is 6.09 Å². The number of hydrogen-bond acceptors (Lipinski definition) is 4. The Morgan fingerprint density at radius 3 is 2.58 bits per heavy atom. The number of carbonyl (C=O) groups is 1. The first-order valence-corrected chi connectivity index (χ1v) is 9.12. The standard InChI is InChI=1S/C21H24N2O3/c1-23-13-11-17(12-14-23)26-20(24)22-21(16-7-3-2-4-8-16)15-25-19-10-6-5-9-18(19)21/h2-10,17H,11-15H2,1H3,(H,22,24). The molecule has 5 nitrogen and oxygen atoms in total. The Morgan fingerprint density at radius 1 is 1.12 bits per heavy atom. The zero-order valence-corrected chi connectivity index (χ0v) is 15.0. The van der Waals surface area contributed by atoms with Crippen molar-refractivity contribution in [2.45, 2.75) is 24.5 Å². The molecule has 2 heterocycles. The molecular formula is C21H24N2O3. The minimum atomic E-state index is -0.722. The molecule has 1 amide bonds. The number of carbonyl (C=O) groups excluding carboxylic acids is 1. The zero-order valence-electron chi connectivity index (χ0n) is 15.0. The van der Waals surface area contributed by atoms with Gasteiger partial charge in [-0.3, -0.25) is 0 Å². The minimum absolute atomic E-state index is 0.0309. The number of alkyl carbamates (subject to hydrolysis) is 1. The molecule has 4 rings (SSSR count). The molecule has 2 aromatic rings. The Labute approximate surface area is 153 Å². The second-order valence-electron chi connectivity index (χ2n) is 7.09. The third-order valence-corrected chi connectivity index (χ3v) is 5.31. The smallest absolute Gasteiger partial charge is 0.408 e. The Hall–Kier alpha value is -2.53. The van der Waals surface area contributed by atoms with Crippen LogP contribution in [0.4, 0.5) is 4.79 Å². The van der Waals surface area contributed by atoms with Gasteiger partial charge in [-0.1, -0.05) is 48.5 Å². The summed E-state index contributed by atoms with van der Waals surface area (Å²) in [5, 5.41) is 3.12. The van der Waals surface area contributed by atoms with Crippen LogP contribution < -0.4 is 10.1 Å². The fraction of sp³-hybridized carbons (Fsp3) is 0.381. The molecule has 26 heavy (non-hydrogen) atoms. The molecule has 2 aliphatic heterocycles. The number of nitrogens with zero attached hydrogens (tertiary/aromatic N) is 1. The number of piperidine rings is 1. The van der Waals surface area contributed by atoms with Crippen molar-refractivity contribution in [3.05, 3.63) is 65.7 Å². The van der Waals surface area contributed by atoms with Gasteiger partial charge in [0.1, 0.15) is 24.0 Å². The Kier molecular flexibility index (Phi) is 4.55. The highest BCUT2D eigenvalue weighted by Crippen LogP contribution is 2.41. The van der Waals surface area contributed by atoms with Crippen LogP contribution in [0.2, 0.25) is 0 Å². The molecule has 2 aliphatic rings. The normalized spacial score (nSPS) is 23.1. The number of para-hydroxylation sites is 1. The molecule has 0 bridgehead atoms. The van der Waals surface area contributed by atoms with E-state index < -0.39 is 5.54 Å². The molecular weight excluding hydrogens is 328 g/mol. The van der Waals surface area contributed by atoms with E-state index >= 15 is 0 Å². The van der Waals surface area contributed by atoms with Gasteiger partial charge in [-0.15, -0.1) is 0 Å². The van der Waals surface area contributed by atoms with Crippen molar-refractivity contribution in [1.29, 1.82) is 0 Å². The molecule has 0 aromatic heterocycles. The number of likely N-dealkylation sites (tertiary alicyclic amines) is 1. The predicted octanol–water partition coefficient (Wildman–Crippen LogP) is 3.14. The van der Waals surface area contributed by atoms with Crippen molar-refractivity contribution < 1.29 is 14.3 Å². The molecule has 5 heteroatoms. The average Bonchev–Trinajstić information content (AvgIpc) is 3.04. The van der Waals surface area contributed by atoms with Crippen molar-refractivity contribution in [2.75, 3.05) is 26.7 Å². The quantitative estimate of drug-likeness (QED) is 0.922. The number of amides is 1. The maximum atomic E-state index is 12.7. The predicted molar refractivity (Wildman–Crippen MR) is 99.3 cm³/mol. The van der Waals surface area contributed by atoms with Crippen molar-refractivity contribution in [3.63, 3.8) is 0 Å². The molecule has 0 radical (unpaired) electrons. The van der Waals surface area contributed by atoms with Crippen LogP contribution in [-0.4, -0.2) is 43.8 Å². The summed E-state index contributed by atoms with van der Waals surface area (Å²) >= 11 is 0. The molecule has 136 valence electrons. The highest BCUT2D eigenvalue weighted by atomic mass is 16.6. The molecule has 1 fully saturated rings. The monoisotopic (exact) mass is 352 g/mol. The van der Waals surface area contributed by atoms with Crippen LogP contribution in [0.3, 0.4) is 0 Å². The van der Waals surface area contributed by atoms with Gasteiger partial charge in [-0.05, 0) is 31.5 Å². The van der Waals surface area contributed by atoms with Crippen LogP contribution in [0.25, 0.3) is 0 Å². The summed E-state index contributed by atoms with van der Waals surface area (Å²) in [6, 6.07) is 17.8. The first-order valence-electron chi connectivity index (χ1n) is 9.12. The largest absolute Gasteiger partial charge is 0.490 e. The van der Waals surface area contributed by atoms with Gasteiger partial charge < -0.3 is 19.7 Å². The van der Waals surface area contributed by atoms with Crippen molar-refractivity contribution in [2.24, 2.45) is 0 Å². The van der Waals surface area contributed by atoms with Gasteiger partial charge in [0.15, 0.2) is 0 Å². The SMILES string of the molecule is CN1CCC(OC(=O)NC2(c3ccccc3)COc3ccccc32)CC1. The van der Waals surface area contributed by atoms with E-state index in [1.807, 2.05) is 54.6 Å². The minimum Gasteiger partial charge on any atom is -0.490 e.